The molecule has 0 aliphatic rings. The van der Waals surface area contributed by atoms with Gasteiger partial charge in [0.1, 0.15) is 24.2 Å². The van der Waals surface area contributed by atoms with E-state index in [0.717, 1.165) is 0 Å². The predicted molar refractivity (Wildman–Crippen MR) is 148 cm³/mol. The first-order valence-electron chi connectivity index (χ1n) is 11.7. The summed E-state index contributed by atoms with van der Waals surface area (Å²) in [5.74, 6) is -0.155. The van der Waals surface area contributed by atoms with Crippen LogP contribution in [0.2, 0.25) is 5.02 Å². The lowest BCUT2D eigenvalue weighted by molar-refractivity contribution is -0.111. The van der Waals surface area contributed by atoms with E-state index in [1.807, 2.05) is 19.0 Å². The van der Waals surface area contributed by atoms with Crippen LogP contribution in [0.3, 0.4) is 0 Å². The standard InChI is InChI=1S/C29H25ClFN5O2/c1-36(2)12-4-7-28(37)34-22-8-10-26-24(14-22)29(20(16-32)17-33-26)35-23-9-11-27(25(30)15-23)38-18-19-5-3-6-21(31)13-19/h3-11,13-15,17H,12,18H2,1-2H3,(H,33,35)(H,34,37)/b7-4+. The Balaban J connectivity index is 1.56. The molecule has 4 aromatic rings. The lowest BCUT2D eigenvalue weighted by atomic mass is 10.1. The van der Waals surface area contributed by atoms with Gasteiger partial charge in [-0.15, -0.1) is 0 Å². The smallest absolute Gasteiger partial charge is 0.248 e. The van der Waals surface area contributed by atoms with Crippen molar-refractivity contribution >= 4 is 45.5 Å². The molecule has 4 rings (SSSR count). The highest BCUT2D eigenvalue weighted by Gasteiger charge is 2.12. The van der Waals surface area contributed by atoms with E-state index in [2.05, 4.69) is 21.7 Å². The number of aromatic nitrogens is 1. The SMILES string of the molecule is CN(C)C/C=C/C(=O)Nc1ccc2ncc(C#N)c(Nc3ccc(OCc4cccc(F)c4)c(Cl)c3)c2c1. The van der Waals surface area contributed by atoms with Crippen molar-refractivity contribution in [3.8, 4) is 11.8 Å². The van der Waals surface area contributed by atoms with Crippen LogP contribution in [0.15, 0.2) is 79.0 Å². The fraction of sp³-hybridized carbons (Fsp3) is 0.138. The highest BCUT2D eigenvalue weighted by molar-refractivity contribution is 6.32. The lowest BCUT2D eigenvalue weighted by Crippen LogP contribution is -2.12. The quantitative estimate of drug-likeness (QED) is 0.248. The van der Waals surface area contributed by atoms with Crippen LogP contribution in [0.25, 0.3) is 10.9 Å². The van der Waals surface area contributed by atoms with Gasteiger partial charge in [0.2, 0.25) is 5.91 Å². The van der Waals surface area contributed by atoms with Crippen LogP contribution in [-0.4, -0.2) is 36.4 Å². The number of carbonyl (C=O) groups excluding carboxylic acids is 1. The average Bonchev–Trinajstić information content (AvgIpc) is 2.88. The van der Waals surface area contributed by atoms with Crippen LogP contribution < -0.4 is 15.4 Å². The fourth-order valence-corrected chi connectivity index (χ4v) is 3.91. The molecule has 1 aromatic heterocycles. The number of nitrogens with zero attached hydrogens (tertiary/aromatic N) is 3. The minimum Gasteiger partial charge on any atom is -0.487 e. The van der Waals surface area contributed by atoms with Crippen LogP contribution in [-0.2, 0) is 11.4 Å². The summed E-state index contributed by atoms with van der Waals surface area (Å²) in [5, 5.41) is 16.8. The van der Waals surface area contributed by atoms with E-state index in [0.29, 0.717) is 56.4 Å². The third-order valence-electron chi connectivity index (χ3n) is 5.48. The van der Waals surface area contributed by atoms with Crippen molar-refractivity contribution in [3.05, 3.63) is 101 Å². The predicted octanol–water partition coefficient (Wildman–Crippen LogP) is 6.28. The van der Waals surface area contributed by atoms with Crippen molar-refractivity contribution in [2.75, 3.05) is 31.3 Å². The molecule has 0 bridgehead atoms. The van der Waals surface area contributed by atoms with E-state index in [4.69, 9.17) is 16.3 Å². The van der Waals surface area contributed by atoms with Gasteiger partial charge < -0.3 is 20.3 Å². The number of halogens is 2. The molecular weight excluding hydrogens is 505 g/mol. The van der Waals surface area contributed by atoms with Gasteiger partial charge in [0, 0.05) is 35.6 Å². The third kappa shape index (κ3) is 6.85. The molecule has 1 amide bonds. The van der Waals surface area contributed by atoms with Gasteiger partial charge in [-0.3, -0.25) is 9.78 Å². The number of pyridine rings is 1. The Kier molecular flexibility index (Phi) is 8.54. The number of benzene rings is 3. The molecule has 0 spiro atoms. The largest absolute Gasteiger partial charge is 0.487 e. The Morgan fingerprint density at radius 2 is 1.97 bits per heavy atom. The second kappa shape index (κ2) is 12.2. The molecule has 0 saturated heterocycles. The molecular formula is C29H25ClFN5O2. The number of rotatable bonds is 9. The number of likely N-dealkylation sites (N-methyl/N-ethyl adjacent to an activating group) is 1. The Bertz CT molecular complexity index is 1550. The highest BCUT2D eigenvalue weighted by atomic mass is 35.5. The second-order valence-corrected chi connectivity index (χ2v) is 9.14. The molecule has 0 aliphatic carbocycles. The fourth-order valence-electron chi connectivity index (χ4n) is 3.67. The normalized spacial score (nSPS) is 11.1. The maximum absolute atomic E-state index is 13.4. The molecule has 38 heavy (non-hydrogen) atoms. The van der Waals surface area contributed by atoms with Gasteiger partial charge in [0.25, 0.3) is 0 Å². The minimum absolute atomic E-state index is 0.163. The van der Waals surface area contributed by atoms with E-state index < -0.39 is 0 Å². The maximum Gasteiger partial charge on any atom is 0.248 e. The molecule has 0 unspecified atom stereocenters. The van der Waals surface area contributed by atoms with Gasteiger partial charge in [-0.1, -0.05) is 29.8 Å². The number of nitriles is 1. The Morgan fingerprint density at radius 3 is 2.71 bits per heavy atom. The minimum atomic E-state index is -0.335. The van der Waals surface area contributed by atoms with Crippen molar-refractivity contribution in [2.24, 2.45) is 0 Å². The molecule has 7 nitrogen and oxygen atoms in total. The number of ether oxygens (including phenoxy) is 1. The number of carbonyl (C=O) groups is 1. The molecule has 0 atom stereocenters. The first kappa shape index (κ1) is 26.6. The van der Waals surface area contributed by atoms with Gasteiger partial charge in [0.15, 0.2) is 0 Å². The van der Waals surface area contributed by atoms with Crippen molar-refractivity contribution in [3.63, 3.8) is 0 Å². The summed E-state index contributed by atoms with van der Waals surface area (Å²) in [6.45, 7) is 0.808. The number of hydrogen-bond donors (Lipinski definition) is 2. The van der Waals surface area contributed by atoms with Crippen molar-refractivity contribution in [1.29, 1.82) is 5.26 Å². The maximum atomic E-state index is 13.4. The summed E-state index contributed by atoms with van der Waals surface area (Å²) in [6.07, 6.45) is 4.74. The number of amides is 1. The van der Waals surface area contributed by atoms with Gasteiger partial charge in [-0.2, -0.15) is 5.26 Å². The first-order chi connectivity index (χ1) is 18.3. The highest BCUT2D eigenvalue weighted by Crippen LogP contribution is 2.34. The van der Waals surface area contributed by atoms with E-state index in [-0.39, 0.29) is 18.3 Å². The number of anilines is 3. The van der Waals surface area contributed by atoms with E-state index in [1.54, 1.807) is 54.6 Å². The van der Waals surface area contributed by atoms with Gasteiger partial charge in [-0.05, 0) is 68.2 Å². The lowest BCUT2D eigenvalue weighted by Gasteiger charge is -2.14. The van der Waals surface area contributed by atoms with Crippen LogP contribution in [0.1, 0.15) is 11.1 Å². The number of nitrogens with one attached hydrogen (secondary N) is 2. The zero-order chi connectivity index (χ0) is 27.1. The van der Waals surface area contributed by atoms with Crippen molar-refractivity contribution in [2.45, 2.75) is 6.61 Å². The Morgan fingerprint density at radius 1 is 1.16 bits per heavy atom. The zero-order valence-electron chi connectivity index (χ0n) is 20.8. The number of hydrogen-bond acceptors (Lipinski definition) is 6. The van der Waals surface area contributed by atoms with Crippen LogP contribution >= 0.6 is 11.6 Å². The molecule has 0 saturated carbocycles. The number of fused-ring (bicyclic) bond motifs is 1. The summed E-state index contributed by atoms with van der Waals surface area (Å²) in [5.41, 5.74) is 3.37. The van der Waals surface area contributed by atoms with Crippen LogP contribution in [0, 0.1) is 17.1 Å². The summed E-state index contributed by atoms with van der Waals surface area (Å²) < 4.78 is 19.2. The topological polar surface area (TPSA) is 90.3 Å². The summed E-state index contributed by atoms with van der Waals surface area (Å²) in [7, 11) is 3.83. The molecule has 0 radical (unpaired) electrons. The van der Waals surface area contributed by atoms with Crippen molar-refractivity contribution in [1.82, 2.24) is 9.88 Å². The van der Waals surface area contributed by atoms with Crippen LogP contribution in [0.4, 0.5) is 21.5 Å². The summed E-state index contributed by atoms with van der Waals surface area (Å²) in [4.78, 5) is 18.6. The summed E-state index contributed by atoms with van der Waals surface area (Å²) in [6, 6.07) is 18.8. The third-order valence-corrected chi connectivity index (χ3v) is 5.78. The molecule has 192 valence electrons. The van der Waals surface area contributed by atoms with Gasteiger partial charge >= 0.3 is 0 Å². The molecule has 0 fully saturated rings. The monoisotopic (exact) mass is 529 g/mol. The molecule has 2 N–H and O–H groups in total. The zero-order valence-corrected chi connectivity index (χ0v) is 21.6. The molecule has 1 heterocycles. The second-order valence-electron chi connectivity index (χ2n) is 8.73. The van der Waals surface area contributed by atoms with E-state index >= 15 is 0 Å². The van der Waals surface area contributed by atoms with Gasteiger partial charge in [0.05, 0.1) is 21.8 Å². The van der Waals surface area contributed by atoms with Crippen molar-refractivity contribution < 1.29 is 13.9 Å². The Hall–Kier alpha value is -4.45. The first-order valence-corrected chi connectivity index (χ1v) is 12.1. The Labute approximate surface area is 225 Å². The molecule has 9 heteroatoms. The van der Waals surface area contributed by atoms with Gasteiger partial charge in [-0.25, -0.2) is 4.39 Å². The average molecular weight is 530 g/mol. The summed E-state index contributed by atoms with van der Waals surface area (Å²) >= 11 is 6.46. The van der Waals surface area contributed by atoms with E-state index in [9.17, 15) is 14.4 Å². The molecule has 3 aromatic carbocycles. The molecule has 0 aliphatic heterocycles. The van der Waals surface area contributed by atoms with E-state index in [1.165, 1.54) is 24.4 Å². The van der Waals surface area contributed by atoms with Crippen LogP contribution in [0.5, 0.6) is 5.75 Å².